The van der Waals surface area contributed by atoms with E-state index in [0.717, 1.165) is 12.1 Å². The van der Waals surface area contributed by atoms with Crippen molar-refractivity contribution >= 4 is 51.0 Å². The van der Waals surface area contributed by atoms with Gasteiger partial charge in [-0.2, -0.15) is 13.4 Å². The Kier molecular flexibility index (Phi) is 6.52. The number of ether oxygens (including phenoxy) is 1. The minimum Gasteiger partial charge on any atom is -0.482 e. The molecular weight excluding hydrogens is 475 g/mol. The molecule has 0 saturated heterocycles. The monoisotopic (exact) mass is 496 g/mol. The van der Waals surface area contributed by atoms with E-state index < -0.39 is 33.3 Å². The third kappa shape index (κ3) is 5.52. The number of hydrogen-bond donors (Lipinski definition) is 3. The summed E-state index contributed by atoms with van der Waals surface area (Å²) in [4.78, 5) is 21.6. The van der Waals surface area contributed by atoms with E-state index in [1.807, 2.05) is 0 Å². The number of rotatable bonds is 6. The molecule has 13 heteroatoms. The average Bonchev–Trinajstić information content (AvgIpc) is 2.66. The fraction of sp³-hybridized carbons (Fsp3) is 0.250. The number of aliphatic imine (C=N–C) groups is 2. The highest BCUT2D eigenvalue weighted by molar-refractivity contribution is 7.86. The van der Waals surface area contributed by atoms with Gasteiger partial charge in [0.05, 0.1) is 5.02 Å². The summed E-state index contributed by atoms with van der Waals surface area (Å²) in [5.41, 5.74) is 12.2. The number of carbonyl (C=O) groups is 1. The summed E-state index contributed by atoms with van der Waals surface area (Å²) < 4.78 is 40.9. The zero-order chi connectivity index (χ0) is 24.6. The summed E-state index contributed by atoms with van der Waals surface area (Å²) in [6.07, 6.45) is 0. The van der Waals surface area contributed by atoms with E-state index in [9.17, 15) is 17.1 Å². The molecule has 2 aromatic carbocycles. The second-order valence-electron chi connectivity index (χ2n) is 7.64. The molecule has 176 valence electrons. The van der Waals surface area contributed by atoms with Gasteiger partial charge in [0.15, 0.2) is 6.61 Å². The smallest absolute Gasteiger partial charge is 0.332 e. The highest BCUT2D eigenvalue weighted by atomic mass is 35.5. The number of guanidine groups is 2. The van der Waals surface area contributed by atoms with Crippen molar-refractivity contribution in [3.8, 4) is 5.75 Å². The van der Waals surface area contributed by atoms with Gasteiger partial charge in [-0.05, 0) is 56.7 Å². The number of carbonyl (C=O) groups excluding carboxylic acids is 1. The van der Waals surface area contributed by atoms with Gasteiger partial charge in [-0.15, -0.1) is 3.89 Å². The van der Waals surface area contributed by atoms with Gasteiger partial charge in [0.25, 0.3) is 5.91 Å². The van der Waals surface area contributed by atoms with Crippen LogP contribution in [0.15, 0.2) is 51.3 Å². The van der Waals surface area contributed by atoms with Crippen molar-refractivity contribution in [2.24, 2.45) is 21.5 Å². The zero-order valence-corrected chi connectivity index (χ0v) is 19.5. The van der Waals surface area contributed by atoms with Gasteiger partial charge in [0, 0.05) is 11.4 Å². The Morgan fingerprint density at radius 3 is 2.55 bits per heavy atom. The number of amides is 1. The molecule has 2 aromatic rings. The molecule has 33 heavy (non-hydrogen) atoms. The predicted molar refractivity (Wildman–Crippen MR) is 125 cm³/mol. The van der Waals surface area contributed by atoms with Crippen LogP contribution in [0.1, 0.15) is 19.4 Å². The maximum Gasteiger partial charge on any atom is 0.332 e. The van der Waals surface area contributed by atoms with E-state index >= 15 is 0 Å². The standard InChI is InChI=1S/C20H22ClFN6O4S/c1-11-4-6-13(33(22,30)31)9-15(11)25-17(29)10-32-16-7-5-12(8-14(16)21)28-19(24)26-18(23)27-20(28,2)3/h4-9H,10H2,1-3H3,(H,25,29)(H4,23,24,26,27). The Bertz CT molecular complexity index is 1280. The van der Waals surface area contributed by atoms with Crippen LogP contribution in [-0.2, 0) is 15.0 Å². The van der Waals surface area contributed by atoms with Crippen molar-refractivity contribution in [2.75, 3.05) is 16.8 Å². The number of nitrogens with two attached hydrogens (primary N) is 2. The van der Waals surface area contributed by atoms with Gasteiger partial charge < -0.3 is 21.5 Å². The minimum atomic E-state index is -4.90. The van der Waals surface area contributed by atoms with Crippen LogP contribution in [0.5, 0.6) is 5.75 Å². The van der Waals surface area contributed by atoms with Crippen molar-refractivity contribution < 1.29 is 21.8 Å². The third-order valence-electron chi connectivity index (χ3n) is 4.69. The molecule has 3 rings (SSSR count). The minimum absolute atomic E-state index is 0.0655. The first kappa shape index (κ1) is 24.3. The normalized spacial score (nSPS) is 15.5. The molecule has 1 aliphatic rings. The van der Waals surface area contributed by atoms with Gasteiger partial charge in [-0.25, -0.2) is 4.99 Å². The largest absolute Gasteiger partial charge is 0.482 e. The summed E-state index contributed by atoms with van der Waals surface area (Å²) in [6, 6.07) is 8.32. The van der Waals surface area contributed by atoms with Gasteiger partial charge in [0.1, 0.15) is 16.3 Å². The van der Waals surface area contributed by atoms with Crippen LogP contribution in [-0.4, -0.2) is 38.5 Å². The number of hydrogen-bond acceptors (Lipinski definition) is 9. The Labute approximate surface area is 195 Å². The first-order valence-corrected chi connectivity index (χ1v) is 11.3. The SMILES string of the molecule is Cc1ccc(S(=O)(=O)F)cc1NC(=O)COc1ccc(N2C(N)=NC(N)=NC2(C)C)cc1Cl. The Hall–Kier alpha value is -3.38. The fourth-order valence-corrected chi connectivity index (χ4v) is 3.93. The second kappa shape index (κ2) is 8.87. The van der Waals surface area contributed by atoms with Gasteiger partial charge in [-0.3, -0.25) is 9.69 Å². The molecular formula is C20H22ClFN6O4S. The van der Waals surface area contributed by atoms with E-state index in [-0.39, 0.29) is 28.4 Å². The van der Waals surface area contributed by atoms with Gasteiger partial charge >= 0.3 is 10.2 Å². The molecule has 0 unspecified atom stereocenters. The van der Waals surface area contributed by atoms with Crippen molar-refractivity contribution in [1.29, 1.82) is 0 Å². The maximum atomic E-state index is 13.2. The molecule has 0 aromatic heterocycles. The molecule has 0 bridgehead atoms. The topological polar surface area (TPSA) is 152 Å². The number of halogens is 2. The quantitative estimate of drug-likeness (QED) is 0.519. The van der Waals surface area contributed by atoms with E-state index in [0.29, 0.717) is 11.3 Å². The Balaban J connectivity index is 1.71. The van der Waals surface area contributed by atoms with E-state index in [4.69, 9.17) is 27.8 Å². The third-order valence-corrected chi connectivity index (χ3v) is 5.80. The number of nitrogens with one attached hydrogen (secondary N) is 1. The van der Waals surface area contributed by atoms with E-state index in [2.05, 4.69) is 15.3 Å². The lowest BCUT2D eigenvalue weighted by Gasteiger charge is -2.38. The lowest BCUT2D eigenvalue weighted by molar-refractivity contribution is -0.118. The van der Waals surface area contributed by atoms with Crippen molar-refractivity contribution in [2.45, 2.75) is 31.3 Å². The molecule has 0 fully saturated rings. The van der Waals surface area contributed by atoms with Crippen LogP contribution >= 0.6 is 11.6 Å². The number of aryl methyl sites for hydroxylation is 1. The van der Waals surface area contributed by atoms with Crippen molar-refractivity contribution in [3.05, 3.63) is 47.0 Å². The van der Waals surface area contributed by atoms with E-state index in [1.54, 1.807) is 43.9 Å². The number of nitrogens with zero attached hydrogens (tertiary/aromatic N) is 3. The summed E-state index contributed by atoms with van der Waals surface area (Å²) in [7, 11) is -4.90. The average molecular weight is 497 g/mol. The molecule has 10 nitrogen and oxygen atoms in total. The van der Waals surface area contributed by atoms with Crippen molar-refractivity contribution in [1.82, 2.24) is 0 Å². The summed E-state index contributed by atoms with van der Waals surface area (Å²) in [6.45, 7) is 4.81. The fourth-order valence-electron chi connectivity index (χ4n) is 3.21. The van der Waals surface area contributed by atoms with Crippen LogP contribution in [0.25, 0.3) is 0 Å². The molecule has 1 amide bonds. The van der Waals surface area contributed by atoms with Crippen LogP contribution in [0.2, 0.25) is 5.02 Å². The van der Waals surface area contributed by atoms with Crippen LogP contribution in [0.4, 0.5) is 15.3 Å². The lowest BCUT2D eigenvalue weighted by Crippen LogP contribution is -2.54. The number of anilines is 2. The highest BCUT2D eigenvalue weighted by Crippen LogP contribution is 2.34. The first-order chi connectivity index (χ1) is 15.3. The Morgan fingerprint density at radius 2 is 1.94 bits per heavy atom. The first-order valence-electron chi connectivity index (χ1n) is 9.55. The molecule has 1 heterocycles. The molecule has 0 aliphatic carbocycles. The van der Waals surface area contributed by atoms with Crippen LogP contribution < -0.4 is 26.4 Å². The summed E-state index contributed by atoms with van der Waals surface area (Å²) in [5, 5.41) is 2.69. The molecule has 0 radical (unpaired) electrons. The zero-order valence-electron chi connectivity index (χ0n) is 18.0. The second-order valence-corrected chi connectivity index (χ2v) is 9.39. The summed E-state index contributed by atoms with van der Waals surface area (Å²) >= 11 is 6.33. The number of benzene rings is 2. The molecule has 0 saturated carbocycles. The van der Waals surface area contributed by atoms with Crippen LogP contribution in [0.3, 0.4) is 0 Å². The molecule has 0 atom stereocenters. The molecule has 1 aliphatic heterocycles. The van der Waals surface area contributed by atoms with Crippen LogP contribution in [0, 0.1) is 6.92 Å². The lowest BCUT2D eigenvalue weighted by atomic mass is 10.1. The Morgan fingerprint density at radius 1 is 1.24 bits per heavy atom. The highest BCUT2D eigenvalue weighted by Gasteiger charge is 2.33. The van der Waals surface area contributed by atoms with E-state index in [1.165, 1.54) is 6.07 Å². The van der Waals surface area contributed by atoms with Crippen molar-refractivity contribution in [3.63, 3.8) is 0 Å². The molecule has 0 spiro atoms. The van der Waals surface area contributed by atoms with Gasteiger partial charge in [-0.1, -0.05) is 17.7 Å². The van der Waals surface area contributed by atoms with Gasteiger partial charge in [0.2, 0.25) is 11.9 Å². The summed E-state index contributed by atoms with van der Waals surface area (Å²) in [5.74, 6) is -0.161. The molecule has 5 N–H and O–H groups in total. The maximum absolute atomic E-state index is 13.2. The predicted octanol–water partition coefficient (Wildman–Crippen LogP) is 2.51.